The predicted molar refractivity (Wildman–Crippen MR) is 106 cm³/mol. The molecule has 0 unspecified atom stereocenters. The van der Waals surface area contributed by atoms with Gasteiger partial charge in [-0.1, -0.05) is 30.3 Å². The van der Waals surface area contributed by atoms with Crippen LogP contribution in [0.3, 0.4) is 0 Å². The van der Waals surface area contributed by atoms with E-state index in [2.05, 4.69) is 14.7 Å². The van der Waals surface area contributed by atoms with Gasteiger partial charge in [-0.15, -0.1) is 0 Å². The summed E-state index contributed by atoms with van der Waals surface area (Å²) < 4.78 is 32.3. The zero-order valence-corrected chi connectivity index (χ0v) is 16.4. The second-order valence-electron chi connectivity index (χ2n) is 6.27. The summed E-state index contributed by atoms with van der Waals surface area (Å²) in [4.78, 5) is 39.4. The molecule has 0 aliphatic rings. The van der Waals surface area contributed by atoms with Gasteiger partial charge in [-0.25, -0.2) is 13.2 Å². The average Bonchev–Trinajstić information content (AvgIpc) is 2.71. The van der Waals surface area contributed by atoms with Gasteiger partial charge in [0.2, 0.25) is 10.0 Å². The lowest BCUT2D eigenvalue weighted by atomic mass is 10.2. The van der Waals surface area contributed by atoms with Gasteiger partial charge >= 0.3 is 11.7 Å². The summed E-state index contributed by atoms with van der Waals surface area (Å²) in [6.45, 7) is -0.0515. The van der Waals surface area contributed by atoms with Crippen LogP contribution in [0.15, 0.2) is 63.0 Å². The molecule has 0 saturated carbocycles. The maximum atomic E-state index is 13.2. The first-order valence-electron chi connectivity index (χ1n) is 8.68. The van der Waals surface area contributed by atoms with Crippen LogP contribution in [-0.2, 0) is 26.1 Å². The first-order chi connectivity index (χ1) is 13.8. The fraction of sp³-hybridized carbons (Fsp3) is 0.211. The summed E-state index contributed by atoms with van der Waals surface area (Å²) in [7, 11) is -2.81. The molecule has 0 spiro atoms. The van der Waals surface area contributed by atoms with Gasteiger partial charge in [0.1, 0.15) is 0 Å². The number of hydrogen-bond donors (Lipinski definition) is 2. The molecule has 10 heteroatoms. The molecule has 0 aliphatic carbocycles. The van der Waals surface area contributed by atoms with E-state index >= 15 is 0 Å². The van der Waals surface area contributed by atoms with Crippen LogP contribution in [-0.4, -0.2) is 42.3 Å². The predicted octanol–water partition coefficient (Wildman–Crippen LogP) is 0.970. The largest absolute Gasteiger partial charge is 0.469 e. The minimum absolute atomic E-state index is 0.0401. The van der Waals surface area contributed by atoms with Crippen molar-refractivity contribution in [3.8, 4) is 0 Å². The Morgan fingerprint density at radius 2 is 1.79 bits per heavy atom. The number of sulfonamides is 1. The van der Waals surface area contributed by atoms with Gasteiger partial charge in [0.05, 0.1) is 29.3 Å². The van der Waals surface area contributed by atoms with E-state index in [4.69, 9.17) is 0 Å². The maximum Gasteiger partial charge on any atom is 0.326 e. The molecule has 0 saturated heterocycles. The van der Waals surface area contributed by atoms with Crippen molar-refractivity contribution in [2.75, 3.05) is 13.7 Å². The van der Waals surface area contributed by atoms with Gasteiger partial charge in [0, 0.05) is 13.1 Å². The quantitative estimate of drug-likeness (QED) is 0.551. The Morgan fingerprint density at radius 3 is 2.48 bits per heavy atom. The van der Waals surface area contributed by atoms with E-state index < -0.39 is 27.2 Å². The Morgan fingerprint density at radius 1 is 1.07 bits per heavy atom. The topological polar surface area (TPSA) is 129 Å². The minimum Gasteiger partial charge on any atom is -0.469 e. The molecule has 0 radical (unpaired) electrons. The average molecular weight is 417 g/mol. The second-order valence-corrected chi connectivity index (χ2v) is 8.20. The van der Waals surface area contributed by atoms with E-state index in [0.29, 0.717) is 0 Å². The molecule has 152 valence electrons. The van der Waals surface area contributed by atoms with E-state index in [1.54, 1.807) is 24.3 Å². The number of benzene rings is 2. The molecule has 0 atom stereocenters. The SMILES string of the molecule is COC(=O)CCN(Cc1ccccc1)S(=O)(=O)c1ccc2[nH]c(=O)[nH]c(=O)c2c1. The number of fused-ring (bicyclic) bond motifs is 1. The Kier molecular flexibility index (Phi) is 5.95. The van der Waals surface area contributed by atoms with E-state index in [0.717, 1.165) is 9.87 Å². The van der Waals surface area contributed by atoms with Crippen molar-refractivity contribution in [1.82, 2.24) is 14.3 Å². The number of H-pyrrole nitrogens is 2. The molecular weight excluding hydrogens is 398 g/mol. The molecule has 29 heavy (non-hydrogen) atoms. The van der Waals surface area contributed by atoms with Crippen LogP contribution in [0.2, 0.25) is 0 Å². The molecule has 3 rings (SSSR count). The van der Waals surface area contributed by atoms with Crippen molar-refractivity contribution in [3.63, 3.8) is 0 Å². The lowest BCUT2D eigenvalue weighted by Crippen LogP contribution is -2.33. The van der Waals surface area contributed by atoms with Crippen LogP contribution in [0.1, 0.15) is 12.0 Å². The van der Waals surface area contributed by atoms with Crippen molar-refractivity contribution < 1.29 is 17.9 Å². The van der Waals surface area contributed by atoms with Crippen LogP contribution in [0, 0.1) is 0 Å². The molecule has 0 amide bonds. The number of nitrogens with one attached hydrogen (secondary N) is 2. The van der Waals surface area contributed by atoms with Gasteiger partial charge < -0.3 is 9.72 Å². The summed E-state index contributed by atoms with van der Waals surface area (Å²) in [5.41, 5.74) is -0.405. The fourth-order valence-corrected chi connectivity index (χ4v) is 4.30. The number of nitrogens with zero attached hydrogens (tertiary/aromatic N) is 1. The highest BCUT2D eigenvalue weighted by atomic mass is 32.2. The third-order valence-corrected chi connectivity index (χ3v) is 6.18. The first-order valence-corrected chi connectivity index (χ1v) is 10.1. The number of rotatable bonds is 7. The Labute approximate surface area is 166 Å². The van der Waals surface area contributed by atoms with Gasteiger partial charge in [0.15, 0.2) is 0 Å². The molecule has 0 fully saturated rings. The Hall–Kier alpha value is -3.24. The highest BCUT2D eigenvalue weighted by molar-refractivity contribution is 7.89. The van der Waals surface area contributed by atoms with Crippen LogP contribution in [0.5, 0.6) is 0 Å². The Bertz CT molecular complexity index is 1250. The maximum absolute atomic E-state index is 13.2. The van der Waals surface area contributed by atoms with Crippen LogP contribution < -0.4 is 11.2 Å². The number of hydrogen-bond acceptors (Lipinski definition) is 6. The van der Waals surface area contributed by atoms with E-state index in [9.17, 15) is 22.8 Å². The van der Waals surface area contributed by atoms with Gasteiger partial charge in [0.25, 0.3) is 5.56 Å². The third-order valence-electron chi connectivity index (χ3n) is 4.34. The molecule has 0 bridgehead atoms. The normalized spacial score (nSPS) is 11.7. The summed E-state index contributed by atoms with van der Waals surface area (Å²) in [6, 6.07) is 12.8. The Balaban J connectivity index is 2.02. The monoisotopic (exact) mass is 417 g/mol. The van der Waals surface area contributed by atoms with Crippen LogP contribution in [0.4, 0.5) is 0 Å². The summed E-state index contributed by atoms with van der Waals surface area (Å²) in [5, 5.41) is 0.0401. The molecule has 2 aromatic carbocycles. The van der Waals surface area contributed by atoms with E-state index in [-0.39, 0.29) is 35.3 Å². The van der Waals surface area contributed by atoms with Gasteiger partial charge in [-0.2, -0.15) is 4.31 Å². The highest BCUT2D eigenvalue weighted by Crippen LogP contribution is 2.21. The van der Waals surface area contributed by atoms with Gasteiger partial charge in [-0.05, 0) is 23.8 Å². The molecule has 3 aromatic rings. The molecule has 1 heterocycles. The number of aromatic nitrogens is 2. The summed E-state index contributed by atoms with van der Waals surface area (Å²) in [6.07, 6.45) is -0.121. The zero-order chi connectivity index (χ0) is 21.0. The molecule has 9 nitrogen and oxygen atoms in total. The number of carbonyl (C=O) groups excluding carboxylic acids is 1. The van der Waals surface area contributed by atoms with Crippen molar-refractivity contribution >= 4 is 26.9 Å². The smallest absolute Gasteiger partial charge is 0.326 e. The van der Waals surface area contributed by atoms with Gasteiger partial charge in [-0.3, -0.25) is 14.6 Å². The van der Waals surface area contributed by atoms with Crippen molar-refractivity contribution in [3.05, 3.63) is 74.9 Å². The minimum atomic E-state index is -4.04. The second kappa shape index (κ2) is 8.41. The summed E-state index contributed by atoms with van der Waals surface area (Å²) in [5.74, 6) is -0.536. The van der Waals surface area contributed by atoms with Crippen molar-refractivity contribution in [2.45, 2.75) is 17.9 Å². The number of aromatic amines is 2. The molecular formula is C19H19N3O6S. The van der Waals surface area contributed by atoms with Crippen molar-refractivity contribution in [1.29, 1.82) is 0 Å². The number of carbonyl (C=O) groups is 1. The lowest BCUT2D eigenvalue weighted by molar-refractivity contribution is -0.140. The van der Waals surface area contributed by atoms with Crippen LogP contribution in [0.25, 0.3) is 10.9 Å². The fourth-order valence-electron chi connectivity index (χ4n) is 2.84. The molecule has 1 aromatic heterocycles. The number of ether oxygens (including phenoxy) is 1. The first kappa shape index (κ1) is 20.5. The molecule has 0 aliphatic heterocycles. The standard InChI is InChI=1S/C19H19N3O6S/c1-28-17(23)9-10-22(12-13-5-3-2-4-6-13)29(26,27)14-7-8-16-15(11-14)18(24)21-19(25)20-16/h2-8,11H,9-10,12H2,1H3,(H2,20,21,24,25). The zero-order valence-electron chi connectivity index (χ0n) is 15.5. The van der Waals surface area contributed by atoms with E-state index in [1.807, 2.05) is 6.07 Å². The molecule has 2 N–H and O–H groups in total. The third kappa shape index (κ3) is 4.61. The number of esters is 1. The van der Waals surface area contributed by atoms with Crippen molar-refractivity contribution in [2.24, 2.45) is 0 Å². The van der Waals surface area contributed by atoms with Crippen LogP contribution >= 0.6 is 0 Å². The highest BCUT2D eigenvalue weighted by Gasteiger charge is 2.26. The van der Waals surface area contributed by atoms with E-state index in [1.165, 1.54) is 25.3 Å². The summed E-state index contributed by atoms with van der Waals surface area (Å²) >= 11 is 0. The number of methoxy groups -OCH3 is 1. The lowest BCUT2D eigenvalue weighted by Gasteiger charge is -2.22.